The van der Waals surface area contributed by atoms with Gasteiger partial charge in [-0.1, -0.05) is 11.6 Å². The number of non-ortho nitro benzene ring substituents is 1. The fraction of sp³-hybridized carbons (Fsp3) is 0.158. The Bertz CT molecular complexity index is 1190. The zero-order chi connectivity index (χ0) is 22.7. The van der Waals surface area contributed by atoms with Crippen molar-refractivity contribution in [2.24, 2.45) is 0 Å². The third-order valence-electron chi connectivity index (χ3n) is 4.32. The van der Waals surface area contributed by atoms with Gasteiger partial charge in [-0.3, -0.25) is 29.7 Å². The Labute approximate surface area is 180 Å². The molecule has 0 saturated heterocycles. The predicted molar refractivity (Wildman–Crippen MR) is 112 cm³/mol. The van der Waals surface area contributed by atoms with Gasteiger partial charge in [0.05, 0.1) is 21.6 Å². The normalized spacial score (nSPS) is 10.5. The number of aryl methyl sites for hydroxylation is 1. The van der Waals surface area contributed by atoms with E-state index in [1.54, 1.807) is 25.1 Å². The maximum absolute atomic E-state index is 12.4. The molecule has 0 atom stereocenters. The SMILES string of the molecule is Cc1cc(Oc2cc(NC(=O)Cn3ncc([N+](=O)[O-])c3C)cc([N+](=O)[O-])c2)ccc1Cl. The summed E-state index contributed by atoms with van der Waals surface area (Å²) in [6.07, 6.45) is 1.05. The quantitative estimate of drug-likeness (QED) is 0.419. The van der Waals surface area contributed by atoms with Crippen molar-refractivity contribution in [2.45, 2.75) is 20.4 Å². The molecule has 0 aliphatic heterocycles. The fourth-order valence-electron chi connectivity index (χ4n) is 2.75. The van der Waals surface area contributed by atoms with Crippen LogP contribution in [-0.2, 0) is 11.3 Å². The van der Waals surface area contributed by atoms with Gasteiger partial charge >= 0.3 is 5.69 Å². The molecule has 2 aromatic carbocycles. The summed E-state index contributed by atoms with van der Waals surface area (Å²) in [4.78, 5) is 33.4. The number of nitro groups is 2. The summed E-state index contributed by atoms with van der Waals surface area (Å²) in [6.45, 7) is 2.94. The lowest BCUT2D eigenvalue weighted by molar-refractivity contribution is -0.385. The standard InChI is InChI=1S/C19H16ClN5O6/c1-11-5-15(3-4-17(11)20)31-16-7-13(6-14(8-16)24(27)28)22-19(26)10-23-12(2)18(9-21-23)25(29)30/h3-9H,10H2,1-2H3,(H,22,26). The molecule has 1 N–H and O–H groups in total. The highest BCUT2D eigenvalue weighted by Crippen LogP contribution is 2.31. The highest BCUT2D eigenvalue weighted by molar-refractivity contribution is 6.31. The Hall–Kier alpha value is -3.99. The Morgan fingerprint density at radius 2 is 1.87 bits per heavy atom. The van der Waals surface area contributed by atoms with Crippen molar-refractivity contribution < 1.29 is 19.4 Å². The third-order valence-corrected chi connectivity index (χ3v) is 4.74. The van der Waals surface area contributed by atoms with Crippen LogP contribution in [0.4, 0.5) is 17.1 Å². The second-order valence-corrected chi connectivity index (χ2v) is 6.97. The number of aromatic nitrogens is 2. The van der Waals surface area contributed by atoms with E-state index < -0.39 is 15.8 Å². The number of nitrogens with zero attached hydrogens (tertiary/aromatic N) is 4. The number of carbonyl (C=O) groups excluding carboxylic acids is 1. The van der Waals surface area contributed by atoms with E-state index in [9.17, 15) is 25.0 Å². The van der Waals surface area contributed by atoms with E-state index in [1.807, 2.05) is 0 Å². The summed E-state index contributed by atoms with van der Waals surface area (Å²) in [5.41, 5.74) is 0.601. The average molecular weight is 446 g/mol. The van der Waals surface area contributed by atoms with E-state index in [0.717, 1.165) is 11.8 Å². The van der Waals surface area contributed by atoms with Gasteiger partial charge in [0.25, 0.3) is 5.69 Å². The van der Waals surface area contributed by atoms with Crippen molar-refractivity contribution in [1.29, 1.82) is 0 Å². The van der Waals surface area contributed by atoms with E-state index in [2.05, 4.69) is 10.4 Å². The van der Waals surface area contributed by atoms with Gasteiger partial charge in [-0.2, -0.15) is 5.10 Å². The molecule has 3 aromatic rings. The molecule has 31 heavy (non-hydrogen) atoms. The topological polar surface area (TPSA) is 142 Å². The second kappa shape index (κ2) is 8.79. The molecule has 3 rings (SSSR count). The van der Waals surface area contributed by atoms with Crippen molar-refractivity contribution in [3.63, 3.8) is 0 Å². The van der Waals surface area contributed by atoms with Crippen LogP contribution in [0.15, 0.2) is 42.6 Å². The molecule has 1 heterocycles. The molecule has 1 aromatic heterocycles. The van der Waals surface area contributed by atoms with E-state index >= 15 is 0 Å². The first-order valence-corrected chi connectivity index (χ1v) is 9.22. The molecule has 160 valence electrons. The van der Waals surface area contributed by atoms with Gasteiger partial charge in [-0.05, 0) is 37.6 Å². The second-order valence-electron chi connectivity index (χ2n) is 6.56. The van der Waals surface area contributed by atoms with Gasteiger partial charge in [0.15, 0.2) is 0 Å². The van der Waals surface area contributed by atoms with Crippen LogP contribution in [0, 0.1) is 34.1 Å². The van der Waals surface area contributed by atoms with Gasteiger partial charge in [0, 0.05) is 17.2 Å². The summed E-state index contributed by atoms with van der Waals surface area (Å²) in [6, 6.07) is 8.74. The molecule has 11 nitrogen and oxygen atoms in total. The molecule has 0 unspecified atom stereocenters. The zero-order valence-electron chi connectivity index (χ0n) is 16.4. The van der Waals surface area contributed by atoms with Crippen LogP contribution in [0.3, 0.4) is 0 Å². The summed E-state index contributed by atoms with van der Waals surface area (Å²) in [7, 11) is 0. The largest absolute Gasteiger partial charge is 0.457 e. The summed E-state index contributed by atoms with van der Waals surface area (Å²) < 4.78 is 6.85. The Kier molecular flexibility index (Phi) is 6.16. The number of carbonyl (C=O) groups is 1. The van der Waals surface area contributed by atoms with Crippen LogP contribution < -0.4 is 10.1 Å². The number of halogens is 1. The maximum atomic E-state index is 12.4. The van der Waals surface area contributed by atoms with Crippen LogP contribution in [0.25, 0.3) is 0 Å². The number of hydrogen-bond donors (Lipinski definition) is 1. The van der Waals surface area contributed by atoms with Gasteiger partial charge in [0.2, 0.25) is 5.91 Å². The first kappa shape index (κ1) is 21.7. The highest BCUT2D eigenvalue weighted by Gasteiger charge is 2.19. The summed E-state index contributed by atoms with van der Waals surface area (Å²) in [5.74, 6) is -0.0221. The lowest BCUT2D eigenvalue weighted by Crippen LogP contribution is -2.20. The minimum Gasteiger partial charge on any atom is -0.457 e. The minimum atomic E-state index is -0.614. The first-order valence-electron chi connectivity index (χ1n) is 8.84. The molecule has 0 aliphatic rings. The summed E-state index contributed by atoms with van der Waals surface area (Å²) in [5, 5.41) is 29.1. The lowest BCUT2D eigenvalue weighted by Gasteiger charge is -2.11. The Balaban J connectivity index is 1.81. The third kappa shape index (κ3) is 5.14. The van der Waals surface area contributed by atoms with Crippen LogP contribution in [-0.4, -0.2) is 25.5 Å². The van der Waals surface area contributed by atoms with Crippen LogP contribution in [0.5, 0.6) is 11.5 Å². The zero-order valence-corrected chi connectivity index (χ0v) is 17.1. The van der Waals surface area contributed by atoms with Gasteiger partial charge in [0.1, 0.15) is 29.9 Å². The lowest BCUT2D eigenvalue weighted by atomic mass is 10.2. The van der Waals surface area contributed by atoms with E-state index in [0.29, 0.717) is 10.8 Å². The van der Waals surface area contributed by atoms with Gasteiger partial charge < -0.3 is 10.1 Å². The Morgan fingerprint density at radius 1 is 1.13 bits per heavy atom. The Morgan fingerprint density at radius 3 is 2.48 bits per heavy atom. The minimum absolute atomic E-state index is 0.124. The molecule has 0 saturated carbocycles. The van der Waals surface area contributed by atoms with E-state index in [-0.39, 0.29) is 35.1 Å². The number of nitro benzene ring substituents is 1. The molecule has 12 heteroatoms. The van der Waals surface area contributed by atoms with Crippen LogP contribution >= 0.6 is 11.6 Å². The average Bonchev–Trinajstić information content (AvgIpc) is 3.05. The van der Waals surface area contributed by atoms with Gasteiger partial charge in [-0.15, -0.1) is 0 Å². The molecule has 0 bridgehead atoms. The summed E-state index contributed by atoms with van der Waals surface area (Å²) >= 11 is 5.99. The molecule has 0 fully saturated rings. The monoisotopic (exact) mass is 445 g/mol. The fourth-order valence-corrected chi connectivity index (χ4v) is 2.87. The molecule has 0 aliphatic carbocycles. The van der Waals surface area contributed by atoms with Crippen LogP contribution in [0.1, 0.15) is 11.3 Å². The van der Waals surface area contributed by atoms with Crippen molar-refractivity contribution in [1.82, 2.24) is 9.78 Å². The number of anilines is 1. The number of hydrogen-bond acceptors (Lipinski definition) is 7. The van der Waals surface area contributed by atoms with E-state index in [4.69, 9.17) is 16.3 Å². The first-order chi connectivity index (χ1) is 14.6. The van der Waals surface area contributed by atoms with Crippen molar-refractivity contribution in [3.8, 4) is 11.5 Å². The number of rotatable bonds is 7. The van der Waals surface area contributed by atoms with E-state index in [1.165, 1.54) is 29.8 Å². The maximum Gasteiger partial charge on any atom is 0.309 e. The van der Waals surface area contributed by atoms with Crippen molar-refractivity contribution in [2.75, 3.05) is 5.32 Å². The number of amides is 1. The molecule has 0 radical (unpaired) electrons. The number of nitrogens with one attached hydrogen (secondary N) is 1. The molecule has 1 amide bonds. The molecular formula is C19H16ClN5O6. The molecular weight excluding hydrogens is 430 g/mol. The van der Waals surface area contributed by atoms with Crippen LogP contribution in [0.2, 0.25) is 5.02 Å². The van der Waals surface area contributed by atoms with Crippen molar-refractivity contribution >= 4 is 34.6 Å². The van der Waals surface area contributed by atoms with Gasteiger partial charge in [-0.25, -0.2) is 0 Å². The predicted octanol–water partition coefficient (Wildman–Crippen LogP) is 4.40. The number of ether oxygens (including phenoxy) is 1. The highest BCUT2D eigenvalue weighted by atomic mass is 35.5. The van der Waals surface area contributed by atoms with Crippen molar-refractivity contribution in [3.05, 3.63) is 79.1 Å². The smallest absolute Gasteiger partial charge is 0.309 e. The molecule has 0 spiro atoms. The number of benzene rings is 2.